The molecular formula is C12H15N3O2S. The van der Waals surface area contributed by atoms with E-state index in [-0.39, 0.29) is 10.7 Å². The Labute approximate surface area is 110 Å². The minimum absolute atomic E-state index is 0.0183. The molecule has 2 aliphatic heterocycles. The summed E-state index contributed by atoms with van der Waals surface area (Å²) in [4.78, 5) is 21.9. The van der Waals surface area contributed by atoms with Gasteiger partial charge in [0.15, 0.2) is 0 Å². The van der Waals surface area contributed by atoms with Crippen LogP contribution in [0.15, 0.2) is 18.6 Å². The summed E-state index contributed by atoms with van der Waals surface area (Å²) in [5, 5.41) is 0. The number of hydrogen-bond donors (Lipinski definition) is 0. The lowest BCUT2D eigenvalue weighted by Crippen LogP contribution is -2.60. The first-order chi connectivity index (χ1) is 8.72. The monoisotopic (exact) mass is 265 g/mol. The van der Waals surface area contributed by atoms with Crippen LogP contribution in [0.3, 0.4) is 0 Å². The lowest BCUT2D eigenvalue weighted by Gasteiger charge is -2.47. The molecule has 96 valence electrons. The van der Waals surface area contributed by atoms with E-state index < -0.39 is 0 Å². The van der Waals surface area contributed by atoms with Gasteiger partial charge in [-0.2, -0.15) is 0 Å². The second-order valence-corrected chi connectivity index (χ2v) is 6.30. The quantitative estimate of drug-likeness (QED) is 0.792. The molecule has 5 nitrogen and oxygen atoms in total. The molecule has 1 amide bonds. The van der Waals surface area contributed by atoms with E-state index in [1.807, 2.05) is 16.7 Å². The number of ether oxygens (including phenoxy) is 1. The van der Waals surface area contributed by atoms with Crippen molar-refractivity contribution in [2.45, 2.75) is 17.3 Å². The van der Waals surface area contributed by atoms with Gasteiger partial charge in [0, 0.05) is 38.3 Å². The Morgan fingerprint density at radius 3 is 3.00 bits per heavy atom. The van der Waals surface area contributed by atoms with Crippen molar-refractivity contribution >= 4 is 17.7 Å². The minimum atomic E-state index is -0.0183. The van der Waals surface area contributed by atoms with Gasteiger partial charge in [-0.25, -0.2) is 4.98 Å². The molecule has 0 saturated carbocycles. The summed E-state index contributed by atoms with van der Waals surface area (Å²) in [5.74, 6) is 1.01. The van der Waals surface area contributed by atoms with Crippen molar-refractivity contribution in [3.8, 4) is 0 Å². The second kappa shape index (κ2) is 4.51. The van der Waals surface area contributed by atoms with Gasteiger partial charge in [0.2, 0.25) is 0 Å². The van der Waals surface area contributed by atoms with Gasteiger partial charge < -0.3 is 9.64 Å². The van der Waals surface area contributed by atoms with Crippen molar-refractivity contribution in [1.82, 2.24) is 14.9 Å². The molecule has 0 aromatic carbocycles. The summed E-state index contributed by atoms with van der Waals surface area (Å²) in [6.07, 6.45) is 6.02. The molecule has 0 unspecified atom stereocenters. The van der Waals surface area contributed by atoms with Gasteiger partial charge in [-0.3, -0.25) is 9.78 Å². The highest BCUT2D eigenvalue weighted by atomic mass is 32.2. The average molecular weight is 265 g/mol. The fraction of sp³-hybridized carbons (Fsp3) is 0.583. The van der Waals surface area contributed by atoms with E-state index in [1.54, 1.807) is 19.5 Å². The molecule has 6 heteroatoms. The fourth-order valence-corrected chi connectivity index (χ4v) is 4.13. The first-order valence-electron chi connectivity index (χ1n) is 5.94. The van der Waals surface area contributed by atoms with Gasteiger partial charge >= 0.3 is 0 Å². The Morgan fingerprint density at radius 2 is 2.39 bits per heavy atom. The number of thioether (sulfide) groups is 1. The van der Waals surface area contributed by atoms with Gasteiger partial charge in [0.1, 0.15) is 5.69 Å². The van der Waals surface area contributed by atoms with Crippen LogP contribution in [0.2, 0.25) is 0 Å². The minimum Gasteiger partial charge on any atom is -0.381 e. The van der Waals surface area contributed by atoms with Crippen LogP contribution in [0.25, 0.3) is 0 Å². The third-order valence-corrected chi connectivity index (χ3v) is 5.11. The Morgan fingerprint density at radius 1 is 1.56 bits per heavy atom. The summed E-state index contributed by atoms with van der Waals surface area (Å²) in [5.41, 5.74) is 0.429. The highest BCUT2D eigenvalue weighted by molar-refractivity contribution is 8.01. The zero-order valence-electron chi connectivity index (χ0n) is 10.2. The van der Waals surface area contributed by atoms with Crippen molar-refractivity contribution in [3.05, 3.63) is 24.3 Å². The van der Waals surface area contributed by atoms with Crippen molar-refractivity contribution in [2.24, 2.45) is 0 Å². The largest absolute Gasteiger partial charge is 0.381 e. The smallest absolute Gasteiger partial charge is 0.274 e. The van der Waals surface area contributed by atoms with Crippen molar-refractivity contribution in [2.75, 3.05) is 26.0 Å². The SMILES string of the molecule is CO[C@@H]1CSC2(C1)CN(C(=O)c1cnccn1)C2. The maximum atomic E-state index is 12.1. The van der Waals surface area contributed by atoms with E-state index in [0.717, 1.165) is 25.3 Å². The summed E-state index contributed by atoms with van der Waals surface area (Å²) in [6, 6.07) is 0. The lowest BCUT2D eigenvalue weighted by atomic mass is 9.92. The number of amides is 1. The molecule has 1 aromatic heterocycles. The molecule has 0 aliphatic carbocycles. The molecule has 3 rings (SSSR count). The molecule has 18 heavy (non-hydrogen) atoms. The van der Waals surface area contributed by atoms with Crippen LogP contribution in [-0.2, 0) is 4.74 Å². The molecule has 1 spiro atoms. The third kappa shape index (κ3) is 1.99. The van der Waals surface area contributed by atoms with Crippen LogP contribution >= 0.6 is 11.8 Å². The first kappa shape index (κ1) is 11.9. The van der Waals surface area contributed by atoms with Crippen LogP contribution in [0, 0.1) is 0 Å². The van der Waals surface area contributed by atoms with Crippen LogP contribution in [-0.4, -0.2) is 57.6 Å². The summed E-state index contributed by atoms with van der Waals surface area (Å²) >= 11 is 1.93. The third-order valence-electron chi connectivity index (χ3n) is 3.54. The number of carbonyl (C=O) groups is 1. The lowest BCUT2D eigenvalue weighted by molar-refractivity contribution is 0.0446. The molecule has 3 heterocycles. The second-order valence-electron chi connectivity index (χ2n) is 4.81. The van der Waals surface area contributed by atoms with Crippen molar-refractivity contribution in [3.63, 3.8) is 0 Å². The number of hydrogen-bond acceptors (Lipinski definition) is 5. The van der Waals surface area contributed by atoms with Crippen LogP contribution in [0.5, 0.6) is 0 Å². The number of aromatic nitrogens is 2. The summed E-state index contributed by atoms with van der Waals surface area (Å²) in [6.45, 7) is 1.60. The molecule has 2 fully saturated rings. The number of nitrogens with zero attached hydrogens (tertiary/aromatic N) is 3. The highest BCUT2D eigenvalue weighted by Gasteiger charge is 2.50. The zero-order valence-corrected chi connectivity index (χ0v) is 11.0. The van der Waals surface area contributed by atoms with Gasteiger partial charge in [0.05, 0.1) is 17.0 Å². The van der Waals surface area contributed by atoms with Gasteiger partial charge in [-0.1, -0.05) is 0 Å². The molecule has 2 aliphatic rings. The van der Waals surface area contributed by atoms with Crippen LogP contribution in [0.4, 0.5) is 0 Å². The molecule has 1 aromatic rings. The number of carbonyl (C=O) groups excluding carboxylic acids is 1. The molecule has 2 saturated heterocycles. The van der Waals surface area contributed by atoms with E-state index >= 15 is 0 Å². The first-order valence-corrected chi connectivity index (χ1v) is 6.93. The van der Waals surface area contributed by atoms with E-state index in [2.05, 4.69) is 9.97 Å². The maximum Gasteiger partial charge on any atom is 0.274 e. The summed E-state index contributed by atoms with van der Waals surface area (Å²) < 4.78 is 5.60. The molecule has 0 bridgehead atoms. The fourth-order valence-electron chi connectivity index (χ4n) is 2.54. The highest BCUT2D eigenvalue weighted by Crippen LogP contribution is 2.46. The predicted octanol–water partition coefficient (Wildman–Crippen LogP) is 0.823. The Balaban J connectivity index is 1.61. The van der Waals surface area contributed by atoms with Crippen molar-refractivity contribution < 1.29 is 9.53 Å². The summed E-state index contributed by atoms with van der Waals surface area (Å²) in [7, 11) is 1.76. The van der Waals surface area contributed by atoms with Crippen LogP contribution < -0.4 is 0 Å². The number of methoxy groups -OCH3 is 1. The normalized spacial score (nSPS) is 25.2. The molecular weight excluding hydrogens is 250 g/mol. The van der Waals surface area contributed by atoms with Crippen LogP contribution in [0.1, 0.15) is 16.9 Å². The average Bonchev–Trinajstić information content (AvgIpc) is 2.82. The maximum absolute atomic E-state index is 12.1. The van der Waals surface area contributed by atoms with Gasteiger partial charge in [-0.15, -0.1) is 11.8 Å². The van der Waals surface area contributed by atoms with Crippen molar-refractivity contribution in [1.29, 1.82) is 0 Å². The Hall–Kier alpha value is -1.14. The van der Waals surface area contributed by atoms with E-state index in [1.165, 1.54) is 6.20 Å². The number of rotatable bonds is 2. The molecule has 0 radical (unpaired) electrons. The standard InChI is InChI=1S/C12H15N3O2S/c1-17-9-4-12(18-6-9)7-15(8-12)11(16)10-5-13-2-3-14-10/h2-3,5,9H,4,6-8H2,1H3/t9-/m0/s1. The number of likely N-dealkylation sites (tertiary alicyclic amines) is 1. The van der Waals surface area contributed by atoms with E-state index in [9.17, 15) is 4.79 Å². The molecule has 1 atom stereocenters. The topological polar surface area (TPSA) is 55.3 Å². The van der Waals surface area contributed by atoms with Gasteiger partial charge in [0.25, 0.3) is 5.91 Å². The zero-order chi connectivity index (χ0) is 12.6. The van der Waals surface area contributed by atoms with E-state index in [0.29, 0.717) is 11.8 Å². The Kier molecular flexibility index (Phi) is 2.99. The predicted molar refractivity (Wildman–Crippen MR) is 68.5 cm³/mol. The van der Waals surface area contributed by atoms with Gasteiger partial charge in [-0.05, 0) is 6.42 Å². The Bertz CT molecular complexity index is 448. The molecule has 0 N–H and O–H groups in total. The van der Waals surface area contributed by atoms with E-state index in [4.69, 9.17) is 4.74 Å².